The van der Waals surface area contributed by atoms with Crippen LogP contribution in [0.1, 0.15) is 0 Å². The van der Waals surface area contributed by atoms with E-state index < -0.39 is 21.2 Å². The molecular weight excluding hydrogens is 334 g/mol. The van der Waals surface area contributed by atoms with Gasteiger partial charge in [0.1, 0.15) is 0 Å². The summed E-state index contributed by atoms with van der Waals surface area (Å²) in [4.78, 5) is 0. The molecule has 0 saturated carbocycles. The minimum absolute atomic E-state index is 0.0996. The molecule has 0 spiro atoms. The third-order valence-electron chi connectivity index (χ3n) is 1.69. The molecule has 0 heterocycles. The molecule has 0 aromatic heterocycles. The van der Waals surface area contributed by atoms with Gasteiger partial charge in [-0.05, 0) is 0 Å². The van der Waals surface area contributed by atoms with Crippen LogP contribution in [0.25, 0.3) is 0 Å². The first kappa shape index (κ1) is 9.16. The van der Waals surface area contributed by atoms with E-state index in [0.717, 1.165) is 0 Å². The Balaban J connectivity index is 3.06. The molecule has 0 unspecified atom stereocenters. The Morgan fingerprint density at radius 1 is 1.18 bits per heavy atom. The first-order valence-corrected chi connectivity index (χ1v) is 17.4. The number of rotatable bonds is 1. The van der Waals surface area contributed by atoms with Crippen molar-refractivity contribution in [1.82, 2.24) is 0 Å². The van der Waals surface area contributed by atoms with Gasteiger partial charge in [-0.25, -0.2) is 0 Å². The molecule has 0 saturated heterocycles. The summed E-state index contributed by atoms with van der Waals surface area (Å²) in [5.74, 6) is -0.0996. The van der Waals surface area contributed by atoms with Crippen molar-refractivity contribution in [1.29, 1.82) is 0 Å². The van der Waals surface area contributed by atoms with Gasteiger partial charge in [0.05, 0.1) is 0 Å². The normalized spacial score (nSPS) is 11.6. The molecule has 0 radical (unpaired) electrons. The SMILES string of the molecule is [CH3][Pb]([CH3])([CH3])[c]1cccc(F)c1. The second-order valence-corrected chi connectivity index (χ2v) is 23.5. The Morgan fingerprint density at radius 2 is 1.82 bits per heavy atom. The molecule has 60 valence electrons. The average molecular weight is 347 g/mol. The van der Waals surface area contributed by atoms with Crippen LogP contribution in [0.15, 0.2) is 24.3 Å². The average Bonchev–Trinajstić information content (AvgIpc) is 1.86. The van der Waals surface area contributed by atoms with Gasteiger partial charge in [-0.1, -0.05) is 0 Å². The molecule has 0 amide bonds. The Kier molecular flexibility index (Phi) is 2.67. The molecule has 0 nitrogen and oxygen atoms in total. The van der Waals surface area contributed by atoms with Crippen molar-refractivity contribution in [2.75, 3.05) is 0 Å². The molecule has 0 aliphatic heterocycles. The first-order chi connectivity index (χ1) is 5.00. The zero-order valence-electron chi connectivity index (χ0n) is 7.19. The molecule has 11 heavy (non-hydrogen) atoms. The second-order valence-electron chi connectivity index (χ2n) is 3.76. The molecule has 0 aliphatic carbocycles. The summed E-state index contributed by atoms with van der Waals surface area (Å²) in [6.07, 6.45) is 0. The van der Waals surface area contributed by atoms with E-state index in [0.29, 0.717) is 0 Å². The van der Waals surface area contributed by atoms with Crippen molar-refractivity contribution in [3.8, 4) is 0 Å². The summed E-state index contributed by atoms with van der Waals surface area (Å²) in [6.45, 7) is 0. The molecule has 1 rings (SSSR count). The summed E-state index contributed by atoms with van der Waals surface area (Å²) in [7, 11) is 0. The second kappa shape index (κ2) is 3.21. The number of benzene rings is 1. The first-order valence-electron chi connectivity index (χ1n) is 3.76. The van der Waals surface area contributed by atoms with Crippen LogP contribution >= 0.6 is 0 Å². The fourth-order valence-corrected chi connectivity index (χ4v) is 5.49. The monoisotopic (exact) mass is 348 g/mol. The van der Waals surface area contributed by atoms with Gasteiger partial charge >= 0.3 is 72.2 Å². The fourth-order valence-electron chi connectivity index (χ4n) is 0.955. The van der Waals surface area contributed by atoms with E-state index >= 15 is 0 Å². The number of halogens is 1. The van der Waals surface area contributed by atoms with Crippen LogP contribution in [0.4, 0.5) is 4.39 Å². The maximum absolute atomic E-state index is 12.7. The minimum atomic E-state index is -2.11. The van der Waals surface area contributed by atoms with E-state index in [4.69, 9.17) is 0 Å². The molecule has 0 N–H and O–H groups in total. The number of hydrogen-bond acceptors (Lipinski definition) is 0. The van der Waals surface area contributed by atoms with E-state index in [1.54, 1.807) is 12.1 Å². The van der Waals surface area contributed by atoms with Gasteiger partial charge in [-0.2, -0.15) is 0 Å². The molecule has 0 fully saturated rings. The van der Waals surface area contributed by atoms with Gasteiger partial charge in [0.15, 0.2) is 0 Å². The third-order valence-corrected chi connectivity index (χ3v) is 9.63. The van der Waals surface area contributed by atoms with Crippen molar-refractivity contribution < 1.29 is 4.39 Å². The zero-order valence-corrected chi connectivity index (χ0v) is 11.1. The van der Waals surface area contributed by atoms with Crippen LogP contribution in [-0.2, 0) is 0 Å². The van der Waals surface area contributed by atoms with E-state index in [1.165, 1.54) is 9.19 Å². The molecule has 0 bridgehead atoms. The van der Waals surface area contributed by atoms with Gasteiger partial charge in [-0.3, -0.25) is 0 Å². The van der Waals surface area contributed by atoms with E-state index in [9.17, 15) is 4.39 Å². The predicted molar refractivity (Wildman–Crippen MR) is 49.4 cm³/mol. The Labute approximate surface area is 72.1 Å². The zero-order chi connectivity index (χ0) is 8.48. The van der Waals surface area contributed by atoms with Crippen molar-refractivity contribution in [2.24, 2.45) is 0 Å². The Hall–Kier alpha value is 0.0721. The van der Waals surface area contributed by atoms with Crippen LogP contribution in [0.2, 0.25) is 13.4 Å². The summed E-state index contributed by atoms with van der Waals surface area (Å²) >= 11 is -2.11. The van der Waals surface area contributed by atoms with Crippen LogP contribution in [0, 0.1) is 5.82 Å². The maximum atomic E-state index is 12.7. The van der Waals surface area contributed by atoms with Gasteiger partial charge in [0.2, 0.25) is 0 Å². The standard InChI is InChI=1S/C6H4F.3CH3.Pb/c7-6-4-2-1-3-5-6;;;;/h1-2,4-5H;3*1H3;. The van der Waals surface area contributed by atoms with Crippen LogP contribution in [0.5, 0.6) is 0 Å². The van der Waals surface area contributed by atoms with Gasteiger partial charge in [0.25, 0.3) is 0 Å². The molecule has 1 aromatic rings. The van der Waals surface area contributed by atoms with E-state index in [1.807, 2.05) is 6.07 Å². The number of hydrogen-bond donors (Lipinski definition) is 0. The van der Waals surface area contributed by atoms with Crippen molar-refractivity contribution in [3.05, 3.63) is 30.1 Å². The summed E-state index contributed by atoms with van der Waals surface area (Å²) < 4.78 is 20.9. The Morgan fingerprint density at radius 3 is 2.18 bits per heavy atom. The van der Waals surface area contributed by atoms with Gasteiger partial charge < -0.3 is 0 Å². The van der Waals surface area contributed by atoms with Gasteiger partial charge in [0, 0.05) is 0 Å². The van der Waals surface area contributed by atoms with Gasteiger partial charge in [-0.15, -0.1) is 0 Å². The molecule has 0 atom stereocenters. The molecular formula is C9H13FPb. The van der Waals surface area contributed by atoms with Crippen LogP contribution in [-0.4, -0.2) is 21.2 Å². The molecule has 0 aliphatic rings. The fraction of sp³-hybridized carbons (Fsp3) is 0.333. The third kappa shape index (κ3) is 2.54. The Bertz CT molecular complexity index is 250. The van der Waals surface area contributed by atoms with Crippen LogP contribution < -0.4 is 3.12 Å². The van der Waals surface area contributed by atoms with E-state index in [2.05, 4.69) is 13.4 Å². The summed E-state index contributed by atoms with van der Waals surface area (Å²) in [5.41, 5.74) is 0. The van der Waals surface area contributed by atoms with Crippen molar-refractivity contribution in [2.45, 2.75) is 13.4 Å². The quantitative estimate of drug-likeness (QED) is 0.685. The van der Waals surface area contributed by atoms with Crippen molar-refractivity contribution in [3.63, 3.8) is 0 Å². The molecule has 1 aromatic carbocycles. The van der Waals surface area contributed by atoms with Crippen molar-refractivity contribution >= 4 is 24.3 Å². The summed E-state index contributed by atoms with van der Waals surface area (Å²) in [6, 6.07) is 7.03. The van der Waals surface area contributed by atoms with Crippen LogP contribution in [0.3, 0.4) is 0 Å². The van der Waals surface area contributed by atoms with E-state index in [-0.39, 0.29) is 5.82 Å². The molecule has 2 heteroatoms. The topological polar surface area (TPSA) is 0 Å². The summed E-state index contributed by atoms with van der Waals surface area (Å²) in [5, 5.41) is 0. The predicted octanol–water partition coefficient (Wildman–Crippen LogP) is 2.37.